The van der Waals surface area contributed by atoms with Crippen LogP contribution in [0.1, 0.15) is 32.8 Å². The number of benzene rings is 1. The number of ether oxygens (including phenoxy) is 1. The molecule has 1 aromatic rings. The zero-order valence-corrected chi connectivity index (χ0v) is 14.0. The van der Waals surface area contributed by atoms with Gasteiger partial charge in [0.15, 0.2) is 6.61 Å². The molecule has 1 N–H and O–H groups in total. The van der Waals surface area contributed by atoms with Gasteiger partial charge >= 0.3 is 0 Å². The Hall–Kier alpha value is -1.36. The number of carbonyl (C=O) groups is 1. The average Bonchev–Trinajstić information content (AvgIpc) is 2.34. The first-order valence-electron chi connectivity index (χ1n) is 6.59. The van der Waals surface area contributed by atoms with Crippen LogP contribution in [-0.2, 0) is 4.79 Å². The number of hydrogen-bond acceptors (Lipinski definition) is 3. The first-order valence-corrected chi connectivity index (χ1v) is 7.38. The van der Waals surface area contributed by atoms with Crippen molar-refractivity contribution in [3.8, 4) is 5.75 Å². The number of rotatable bonds is 6. The molecule has 0 saturated heterocycles. The Bertz CT molecular complexity index is 499. The number of halogens is 1. The molecular weight excluding hydrogens is 320 g/mol. The monoisotopic (exact) mass is 340 g/mol. The van der Waals surface area contributed by atoms with Crippen molar-refractivity contribution in [3.63, 3.8) is 0 Å². The Labute approximate surface area is 128 Å². The van der Waals surface area contributed by atoms with Crippen LogP contribution in [0.3, 0.4) is 0 Å². The third kappa shape index (κ3) is 6.19. The van der Waals surface area contributed by atoms with E-state index < -0.39 is 0 Å². The highest BCUT2D eigenvalue weighted by atomic mass is 79.9. The smallest absolute Gasteiger partial charge is 0.277 e. The van der Waals surface area contributed by atoms with Gasteiger partial charge in [-0.15, -0.1) is 0 Å². The molecule has 0 radical (unpaired) electrons. The predicted molar refractivity (Wildman–Crippen MR) is 85.1 cm³/mol. The number of hydrogen-bond donors (Lipinski definition) is 1. The van der Waals surface area contributed by atoms with Crippen molar-refractivity contribution >= 4 is 27.5 Å². The number of hydrazone groups is 1. The van der Waals surface area contributed by atoms with Gasteiger partial charge in [-0.05, 0) is 49.9 Å². The number of aryl methyl sites for hydroxylation is 1. The molecule has 5 heteroatoms. The predicted octanol–water partition coefficient (Wildman–Crippen LogP) is 3.67. The molecule has 1 amide bonds. The second kappa shape index (κ2) is 8.04. The molecule has 0 aliphatic heterocycles. The summed E-state index contributed by atoms with van der Waals surface area (Å²) in [5.41, 5.74) is 4.39. The molecule has 0 bridgehead atoms. The zero-order chi connectivity index (χ0) is 15.1. The van der Waals surface area contributed by atoms with Crippen molar-refractivity contribution < 1.29 is 9.53 Å². The van der Waals surface area contributed by atoms with Crippen LogP contribution in [0, 0.1) is 12.8 Å². The van der Waals surface area contributed by atoms with Crippen molar-refractivity contribution in [2.75, 3.05) is 6.61 Å². The second-order valence-electron chi connectivity index (χ2n) is 5.18. The summed E-state index contributed by atoms with van der Waals surface area (Å²) in [5, 5.41) is 4.04. The molecule has 0 unspecified atom stereocenters. The van der Waals surface area contributed by atoms with Gasteiger partial charge in [0.25, 0.3) is 5.91 Å². The topological polar surface area (TPSA) is 50.7 Å². The Morgan fingerprint density at radius 2 is 2.15 bits per heavy atom. The molecule has 0 spiro atoms. The fraction of sp³-hybridized carbons (Fsp3) is 0.467. The van der Waals surface area contributed by atoms with Crippen molar-refractivity contribution in [3.05, 3.63) is 28.2 Å². The normalized spacial score (nSPS) is 11.6. The molecule has 4 nitrogen and oxygen atoms in total. The van der Waals surface area contributed by atoms with Crippen LogP contribution >= 0.6 is 15.9 Å². The van der Waals surface area contributed by atoms with E-state index in [9.17, 15) is 4.79 Å². The SMILES string of the molecule is C/C(CC(C)C)=N\NC(=O)COc1ccc(Br)cc1C. The molecule has 0 aliphatic carbocycles. The summed E-state index contributed by atoms with van der Waals surface area (Å²) in [6.45, 7) is 8.02. The lowest BCUT2D eigenvalue weighted by Crippen LogP contribution is -2.25. The van der Waals surface area contributed by atoms with Crippen LogP contribution in [-0.4, -0.2) is 18.2 Å². The highest BCUT2D eigenvalue weighted by Gasteiger charge is 2.05. The molecule has 1 aromatic carbocycles. The van der Waals surface area contributed by atoms with Crippen LogP contribution in [0.25, 0.3) is 0 Å². The minimum Gasteiger partial charge on any atom is -0.483 e. The van der Waals surface area contributed by atoms with Crippen molar-refractivity contribution in [2.24, 2.45) is 11.0 Å². The largest absolute Gasteiger partial charge is 0.483 e. The van der Waals surface area contributed by atoms with Gasteiger partial charge in [0, 0.05) is 10.2 Å². The molecule has 0 aliphatic rings. The Kier molecular flexibility index (Phi) is 6.71. The summed E-state index contributed by atoms with van der Waals surface area (Å²) in [7, 11) is 0. The highest BCUT2D eigenvalue weighted by molar-refractivity contribution is 9.10. The van der Waals surface area contributed by atoms with E-state index in [2.05, 4.69) is 40.3 Å². The van der Waals surface area contributed by atoms with Crippen LogP contribution < -0.4 is 10.2 Å². The summed E-state index contributed by atoms with van der Waals surface area (Å²) in [6, 6.07) is 5.66. The van der Waals surface area contributed by atoms with Gasteiger partial charge in [-0.3, -0.25) is 4.79 Å². The summed E-state index contributed by atoms with van der Waals surface area (Å²) in [4.78, 5) is 11.6. The van der Waals surface area contributed by atoms with E-state index in [1.54, 1.807) is 0 Å². The lowest BCUT2D eigenvalue weighted by atomic mass is 10.1. The molecule has 20 heavy (non-hydrogen) atoms. The van der Waals surface area contributed by atoms with Gasteiger partial charge in [-0.1, -0.05) is 29.8 Å². The molecule has 0 fully saturated rings. The van der Waals surface area contributed by atoms with Gasteiger partial charge in [0.2, 0.25) is 0 Å². The first kappa shape index (κ1) is 16.7. The molecule has 0 atom stereocenters. The van der Waals surface area contributed by atoms with Crippen LogP contribution in [0.5, 0.6) is 5.75 Å². The number of carbonyl (C=O) groups excluding carboxylic acids is 1. The van der Waals surface area contributed by atoms with Gasteiger partial charge in [-0.2, -0.15) is 5.10 Å². The van der Waals surface area contributed by atoms with Crippen molar-refractivity contribution in [1.82, 2.24) is 5.43 Å². The van der Waals surface area contributed by atoms with Gasteiger partial charge in [-0.25, -0.2) is 5.43 Å². The van der Waals surface area contributed by atoms with E-state index in [-0.39, 0.29) is 12.5 Å². The minimum atomic E-state index is -0.254. The second-order valence-corrected chi connectivity index (χ2v) is 6.09. The summed E-state index contributed by atoms with van der Waals surface area (Å²) >= 11 is 3.38. The number of nitrogens with zero attached hydrogens (tertiary/aromatic N) is 1. The third-order valence-electron chi connectivity index (χ3n) is 2.57. The zero-order valence-electron chi connectivity index (χ0n) is 12.4. The maximum absolute atomic E-state index is 11.6. The average molecular weight is 341 g/mol. The number of nitrogens with one attached hydrogen (secondary N) is 1. The lowest BCUT2D eigenvalue weighted by molar-refractivity contribution is -0.123. The van der Waals surface area contributed by atoms with E-state index in [1.165, 1.54) is 0 Å². The van der Waals surface area contributed by atoms with Crippen LogP contribution in [0.2, 0.25) is 0 Å². The molecular formula is C15H21BrN2O2. The van der Waals surface area contributed by atoms with Gasteiger partial charge in [0.1, 0.15) is 5.75 Å². The van der Waals surface area contributed by atoms with Crippen LogP contribution in [0.4, 0.5) is 0 Å². The molecule has 0 saturated carbocycles. The Balaban J connectivity index is 2.43. The molecule has 110 valence electrons. The quantitative estimate of drug-likeness (QED) is 0.634. The van der Waals surface area contributed by atoms with E-state index in [0.717, 1.165) is 22.2 Å². The molecule has 0 aromatic heterocycles. The summed E-state index contributed by atoms with van der Waals surface area (Å²) in [5.74, 6) is 0.971. The molecule has 0 heterocycles. The molecule has 1 rings (SSSR count). The van der Waals surface area contributed by atoms with Crippen molar-refractivity contribution in [1.29, 1.82) is 0 Å². The third-order valence-corrected chi connectivity index (χ3v) is 3.06. The standard InChI is InChI=1S/C15H21BrN2O2/c1-10(2)7-12(4)17-18-15(19)9-20-14-6-5-13(16)8-11(14)3/h5-6,8,10H,7,9H2,1-4H3,(H,18,19)/b17-12+. The Morgan fingerprint density at radius 3 is 2.75 bits per heavy atom. The fourth-order valence-electron chi connectivity index (χ4n) is 1.74. The fourth-order valence-corrected chi connectivity index (χ4v) is 2.22. The van der Waals surface area contributed by atoms with E-state index >= 15 is 0 Å². The van der Waals surface area contributed by atoms with E-state index in [1.807, 2.05) is 32.0 Å². The minimum absolute atomic E-state index is 0.0407. The Morgan fingerprint density at radius 1 is 1.45 bits per heavy atom. The van der Waals surface area contributed by atoms with E-state index in [4.69, 9.17) is 4.74 Å². The summed E-state index contributed by atoms with van der Waals surface area (Å²) in [6.07, 6.45) is 0.868. The maximum Gasteiger partial charge on any atom is 0.277 e. The van der Waals surface area contributed by atoms with Gasteiger partial charge in [0.05, 0.1) is 0 Å². The van der Waals surface area contributed by atoms with Crippen LogP contribution in [0.15, 0.2) is 27.8 Å². The van der Waals surface area contributed by atoms with Gasteiger partial charge < -0.3 is 4.74 Å². The summed E-state index contributed by atoms with van der Waals surface area (Å²) < 4.78 is 6.45. The van der Waals surface area contributed by atoms with E-state index in [0.29, 0.717) is 11.7 Å². The number of amides is 1. The maximum atomic E-state index is 11.6. The lowest BCUT2D eigenvalue weighted by Gasteiger charge is -2.09. The van der Waals surface area contributed by atoms with Crippen molar-refractivity contribution in [2.45, 2.75) is 34.1 Å². The first-order chi connectivity index (χ1) is 9.38. The highest BCUT2D eigenvalue weighted by Crippen LogP contribution is 2.21.